The monoisotopic (exact) mass is 360 g/mol. The molecule has 0 saturated heterocycles. The van der Waals surface area contributed by atoms with Crippen LogP contribution in [0, 0.1) is 35.5 Å². The summed E-state index contributed by atoms with van der Waals surface area (Å²) < 4.78 is 23.1. The molecule has 0 aromatic rings. The normalized spacial score (nSPS) is 42.8. The summed E-state index contributed by atoms with van der Waals surface area (Å²) >= 11 is 0. The molecule has 6 heteroatoms. The summed E-state index contributed by atoms with van der Waals surface area (Å²) in [5, 5.41) is 22.6. The summed E-state index contributed by atoms with van der Waals surface area (Å²) in [6.45, 7) is 0. The second-order valence-electron chi connectivity index (χ2n) is 7.67. The number of allylic oxidation sites excluding steroid dienone is 2. The Kier molecular flexibility index (Phi) is 3.19. The van der Waals surface area contributed by atoms with Crippen molar-refractivity contribution in [1.82, 2.24) is 0 Å². The van der Waals surface area contributed by atoms with E-state index in [0.717, 1.165) is 11.1 Å². The van der Waals surface area contributed by atoms with Gasteiger partial charge >= 0.3 is 0 Å². The van der Waals surface area contributed by atoms with Gasteiger partial charge < -0.3 is 29.2 Å². The Labute approximate surface area is 152 Å². The molecule has 0 aromatic heterocycles. The highest BCUT2D eigenvalue weighted by Crippen LogP contribution is 2.67. The van der Waals surface area contributed by atoms with Crippen molar-refractivity contribution in [2.45, 2.75) is 11.6 Å². The van der Waals surface area contributed by atoms with Gasteiger partial charge in [0.05, 0.1) is 23.7 Å². The van der Waals surface area contributed by atoms with Crippen molar-refractivity contribution in [2.24, 2.45) is 35.5 Å². The number of methoxy groups -OCH3 is 4. The van der Waals surface area contributed by atoms with E-state index >= 15 is 0 Å². The van der Waals surface area contributed by atoms with Crippen LogP contribution in [0.3, 0.4) is 0 Å². The number of fused-ring (bicyclic) bond motifs is 10. The lowest BCUT2D eigenvalue weighted by atomic mass is 9.72. The summed E-state index contributed by atoms with van der Waals surface area (Å²) in [6, 6.07) is 0. The smallest absolute Gasteiger partial charge is 0.185 e. The number of rotatable bonds is 4. The van der Waals surface area contributed by atoms with Gasteiger partial charge in [0.1, 0.15) is 11.5 Å². The van der Waals surface area contributed by atoms with Crippen LogP contribution in [-0.2, 0) is 18.9 Å². The zero-order chi connectivity index (χ0) is 18.4. The molecule has 0 heterocycles. The minimum absolute atomic E-state index is 0.185. The third kappa shape index (κ3) is 1.44. The molecule has 2 fully saturated rings. The maximum absolute atomic E-state index is 11.3. The van der Waals surface area contributed by atoms with Crippen molar-refractivity contribution in [3.05, 3.63) is 47.0 Å². The van der Waals surface area contributed by atoms with Crippen molar-refractivity contribution in [2.75, 3.05) is 28.4 Å². The average molecular weight is 360 g/mol. The average Bonchev–Trinajstić information content (AvgIpc) is 3.38. The van der Waals surface area contributed by atoms with Crippen LogP contribution in [0.15, 0.2) is 47.0 Å². The van der Waals surface area contributed by atoms with Gasteiger partial charge in [-0.05, 0) is 11.1 Å². The van der Waals surface area contributed by atoms with Crippen molar-refractivity contribution in [1.29, 1.82) is 0 Å². The van der Waals surface area contributed by atoms with E-state index in [1.807, 2.05) is 24.3 Å². The molecule has 0 spiro atoms. The van der Waals surface area contributed by atoms with E-state index in [-0.39, 0.29) is 35.5 Å². The van der Waals surface area contributed by atoms with Gasteiger partial charge in [-0.1, -0.05) is 24.3 Å². The Balaban J connectivity index is 1.71. The molecule has 6 nitrogen and oxygen atoms in total. The van der Waals surface area contributed by atoms with Crippen LogP contribution >= 0.6 is 0 Å². The van der Waals surface area contributed by atoms with Crippen LogP contribution in [0.1, 0.15) is 0 Å². The lowest BCUT2D eigenvalue weighted by molar-refractivity contribution is -0.231. The molecule has 26 heavy (non-hydrogen) atoms. The lowest BCUT2D eigenvalue weighted by Crippen LogP contribution is -2.41. The van der Waals surface area contributed by atoms with E-state index in [9.17, 15) is 10.2 Å². The van der Waals surface area contributed by atoms with Crippen LogP contribution in [-0.4, -0.2) is 50.2 Å². The summed E-state index contributed by atoms with van der Waals surface area (Å²) in [7, 11) is 6.45. The van der Waals surface area contributed by atoms with E-state index in [1.54, 1.807) is 28.4 Å². The maximum atomic E-state index is 11.3. The molecule has 4 bridgehead atoms. The van der Waals surface area contributed by atoms with Crippen LogP contribution < -0.4 is 0 Å². The number of hydrogen-bond acceptors (Lipinski definition) is 6. The van der Waals surface area contributed by atoms with Crippen LogP contribution in [0.4, 0.5) is 0 Å². The van der Waals surface area contributed by atoms with Gasteiger partial charge in [0, 0.05) is 40.3 Å². The lowest BCUT2D eigenvalue weighted by Gasteiger charge is -2.33. The van der Waals surface area contributed by atoms with Gasteiger partial charge in [-0.2, -0.15) is 0 Å². The first-order valence-corrected chi connectivity index (χ1v) is 8.95. The topological polar surface area (TPSA) is 77.4 Å². The zero-order valence-corrected chi connectivity index (χ0v) is 15.3. The largest absolute Gasteiger partial charge is 0.512 e. The van der Waals surface area contributed by atoms with E-state index in [0.29, 0.717) is 11.5 Å². The molecule has 0 aliphatic heterocycles. The molecule has 2 saturated carbocycles. The molecule has 0 radical (unpaired) electrons. The fourth-order valence-electron chi connectivity index (χ4n) is 6.36. The van der Waals surface area contributed by atoms with Gasteiger partial charge in [0.15, 0.2) is 11.6 Å². The van der Waals surface area contributed by atoms with Crippen molar-refractivity contribution in [3.63, 3.8) is 0 Å². The minimum atomic E-state index is -0.882. The van der Waals surface area contributed by atoms with Crippen molar-refractivity contribution < 1.29 is 29.2 Å². The van der Waals surface area contributed by atoms with Gasteiger partial charge in [-0.3, -0.25) is 0 Å². The third-order valence-electron chi connectivity index (χ3n) is 7.33. The molecular formula is C20H24O6. The molecule has 2 N–H and O–H groups in total. The molecule has 5 aliphatic rings. The van der Waals surface area contributed by atoms with Crippen molar-refractivity contribution >= 4 is 0 Å². The highest BCUT2D eigenvalue weighted by molar-refractivity contribution is 5.54. The Bertz CT molecular complexity index is 716. The molecule has 5 aliphatic carbocycles. The number of aliphatic hydroxyl groups is 2. The number of hydrogen-bond donors (Lipinski definition) is 2. The highest BCUT2D eigenvalue weighted by atomic mass is 16.7. The molecule has 0 aromatic carbocycles. The second-order valence-corrected chi connectivity index (χ2v) is 7.67. The fourth-order valence-corrected chi connectivity index (χ4v) is 6.36. The minimum Gasteiger partial charge on any atom is -0.512 e. The zero-order valence-electron chi connectivity index (χ0n) is 15.3. The molecule has 140 valence electrons. The van der Waals surface area contributed by atoms with Crippen LogP contribution in [0.25, 0.3) is 0 Å². The maximum Gasteiger partial charge on any atom is 0.185 e. The van der Waals surface area contributed by atoms with E-state index < -0.39 is 11.6 Å². The molecule has 5 rings (SSSR count). The first-order valence-electron chi connectivity index (χ1n) is 8.95. The summed E-state index contributed by atoms with van der Waals surface area (Å²) in [6.07, 6.45) is 8.08. The Hall–Kier alpha value is -1.60. The molecule has 0 amide bonds. The predicted octanol–water partition coefficient (Wildman–Crippen LogP) is 2.47. The quantitative estimate of drug-likeness (QED) is 0.592. The standard InChI is InChI=1S/C20H24O6/c1-23-19(24-2)9-5-6-10(19)14-13(9)17(21)15-11-7-8-12(16(15)18(14)22)20(11,25-3)26-4/h5-13,16,21-22H,1-4H3/t9-,10+,11+,12-,13+,16+/m1/s1. The van der Waals surface area contributed by atoms with E-state index in [2.05, 4.69) is 0 Å². The van der Waals surface area contributed by atoms with Crippen LogP contribution in [0.5, 0.6) is 0 Å². The highest BCUT2D eigenvalue weighted by Gasteiger charge is 2.70. The summed E-state index contributed by atoms with van der Waals surface area (Å²) in [4.78, 5) is 0. The molecular weight excluding hydrogens is 336 g/mol. The van der Waals surface area contributed by atoms with Gasteiger partial charge in [0.2, 0.25) is 0 Å². The third-order valence-corrected chi connectivity index (χ3v) is 7.33. The predicted molar refractivity (Wildman–Crippen MR) is 92.0 cm³/mol. The number of ether oxygens (including phenoxy) is 4. The van der Waals surface area contributed by atoms with Crippen LogP contribution in [0.2, 0.25) is 0 Å². The Morgan fingerprint density at radius 2 is 1.00 bits per heavy atom. The van der Waals surface area contributed by atoms with Crippen molar-refractivity contribution in [3.8, 4) is 0 Å². The SMILES string of the molecule is COC1(OC)[C@@H]2C=C[C@H]1C1=C(O)[C@@H]3C(=C(O)[C@H]12)[C@@H]1C=C[C@H]3C1(OC)OC. The Morgan fingerprint density at radius 3 is 1.31 bits per heavy atom. The molecule has 6 atom stereocenters. The summed E-state index contributed by atoms with van der Waals surface area (Å²) in [5.74, 6) is -2.66. The number of aliphatic hydroxyl groups excluding tert-OH is 2. The van der Waals surface area contributed by atoms with E-state index in [1.165, 1.54) is 0 Å². The first kappa shape index (κ1) is 16.6. The molecule has 0 unspecified atom stereocenters. The Morgan fingerprint density at radius 1 is 0.654 bits per heavy atom. The van der Waals surface area contributed by atoms with E-state index in [4.69, 9.17) is 18.9 Å². The van der Waals surface area contributed by atoms with Gasteiger partial charge in [-0.15, -0.1) is 0 Å². The fraction of sp³-hybridized carbons (Fsp3) is 0.600. The first-order chi connectivity index (χ1) is 12.5. The van der Waals surface area contributed by atoms with Gasteiger partial charge in [0.25, 0.3) is 0 Å². The summed E-state index contributed by atoms with van der Waals surface area (Å²) in [5.41, 5.74) is 1.60. The van der Waals surface area contributed by atoms with Gasteiger partial charge in [-0.25, -0.2) is 0 Å². The second kappa shape index (κ2) is 5.01.